The first-order valence-corrected chi connectivity index (χ1v) is 7.26. The van der Waals surface area contributed by atoms with E-state index in [0.29, 0.717) is 12.2 Å². The Bertz CT molecular complexity index is 347. The van der Waals surface area contributed by atoms with E-state index >= 15 is 0 Å². The van der Waals surface area contributed by atoms with Crippen molar-refractivity contribution < 1.29 is 0 Å². The average molecular weight is 247 g/mol. The summed E-state index contributed by atoms with van der Waals surface area (Å²) < 4.78 is 0. The summed E-state index contributed by atoms with van der Waals surface area (Å²) in [6.07, 6.45) is 3.02. The van der Waals surface area contributed by atoms with Gasteiger partial charge in [0.05, 0.1) is 6.17 Å². The van der Waals surface area contributed by atoms with Crippen molar-refractivity contribution in [3.63, 3.8) is 0 Å². The zero-order valence-corrected chi connectivity index (χ0v) is 12.0. The molecule has 1 aromatic rings. The minimum Gasteiger partial charge on any atom is -0.288 e. The molecule has 1 aromatic carbocycles. The summed E-state index contributed by atoms with van der Waals surface area (Å²) in [4.78, 5) is 5.27. The SMILES string of the molecule is CCN1CCCN(C(C)C)[13CH]1Cc1ccccc1. The third-order valence-corrected chi connectivity index (χ3v) is 4.00. The van der Waals surface area contributed by atoms with Crippen molar-refractivity contribution >= 4 is 0 Å². The van der Waals surface area contributed by atoms with Gasteiger partial charge in [0.25, 0.3) is 0 Å². The quantitative estimate of drug-likeness (QED) is 0.755. The van der Waals surface area contributed by atoms with Gasteiger partial charge in [-0.2, -0.15) is 0 Å². The lowest BCUT2D eigenvalue weighted by Crippen LogP contribution is -2.56. The van der Waals surface area contributed by atoms with Gasteiger partial charge in [0.1, 0.15) is 0 Å². The predicted molar refractivity (Wildman–Crippen MR) is 77.6 cm³/mol. The van der Waals surface area contributed by atoms with E-state index in [0.717, 1.165) is 13.0 Å². The van der Waals surface area contributed by atoms with Crippen LogP contribution in [-0.4, -0.2) is 41.6 Å². The molecule has 2 rings (SSSR count). The number of rotatable bonds is 4. The largest absolute Gasteiger partial charge is 0.288 e. The average Bonchev–Trinajstić information content (AvgIpc) is 2.40. The minimum absolute atomic E-state index is 0.575. The topological polar surface area (TPSA) is 6.48 Å². The lowest BCUT2D eigenvalue weighted by atomic mass is 10.2. The minimum atomic E-state index is 0.575. The molecule has 1 saturated heterocycles. The van der Waals surface area contributed by atoms with Crippen LogP contribution in [0.5, 0.6) is 0 Å². The molecule has 0 amide bonds. The first-order chi connectivity index (χ1) is 8.72. The third-order valence-electron chi connectivity index (χ3n) is 4.00. The highest BCUT2D eigenvalue weighted by atomic mass is 15.6. The Morgan fingerprint density at radius 1 is 1.17 bits per heavy atom. The number of nitrogens with zero attached hydrogens (tertiary/aromatic N) is 2. The first-order valence-electron chi connectivity index (χ1n) is 7.26. The molecular formula is C16H26N2. The molecule has 2 heteroatoms. The van der Waals surface area contributed by atoms with Gasteiger partial charge in [-0.15, -0.1) is 0 Å². The Balaban J connectivity index is 2.13. The Kier molecular flexibility index (Phi) is 4.79. The Labute approximate surface area is 112 Å². The summed E-state index contributed by atoms with van der Waals surface area (Å²) in [5, 5.41) is 0. The van der Waals surface area contributed by atoms with Crippen molar-refractivity contribution in [3.05, 3.63) is 35.9 Å². The van der Waals surface area contributed by atoms with Gasteiger partial charge >= 0.3 is 0 Å². The summed E-state index contributed by atoms with van der Waals surface area (Å²) in [7, 11) is 0. The molecule has 0 bridgehead atoms. The molecule has 0 N–H and O–H groups in total. The van der Waals surface area contributed by atoms with Crippen LogP contribution in [0, 0.1) is 0 Å². The molecule has 1 unspecified atom stereocenters. The monoisotopic (exact) mass is 247 g/mol. The van der Waals surface area contributed by atoms with E-state index in [1.54, 1.807) is 0 Å². The molecule has 1 atom stereocenters. The van der Waals surface area contributed by atoms with E-state index in [2.05, 4.69) is 60.9 Å². The molecule has 1 heterocycles. The summed E-state index contributed by atoms with van der Waals surface area (Å²) in [6, 6.07) is 11.5. The van der Waals surface area contributed by atoms with E-state index in [4.69, 9.17) is 0 Å². The summed E-state index contributed by atoms with van der Waals surface area (Å²) in [6.45, 7) is 10.6. The van der Waals surface area contributed by atoms with Gasteiger partial charge < -0.3 is 0 Å². The van der Waals surface area contributed by atoms with Crippen LogP contribution in [0.4, 0.5) is 0 Å². The number of benzene rings is 1. The maximum absolute atomic E-state index is 2.65. The maximum atomic E-state index is 2.65. The molecule has 1 aliphatic rings. The van der Waals surface area contributed by atoms with Gasteiger partial charge in [-0.3, -0.25) is 9.80 Å². The Morgan fingerprint density at radius 2 is 1.89 bits per heavy atom. The van der Waals surface area contributed by atoms with Gasteiger partial charge in [-0.25, -0.2) is 0 Å². The number of hydrogen-bond donors (Lipinski definition) is 0. The van der Waals surface area contributed by atoms with Crippen LogP contribution in [0.15, 0.2) is 30.3 Å². The van der Waals surface area contributed by atoms with E-state index in [-0.39, 0.29) is 0 Å². The third kappa shape index (κ3) is 3.12. The van der Waals surface area contributed by atoms with Gasteiger partial charge in [-0.05, 0) is 32.4 Å². The van der Waals surface area contributed by atoms with Crippen molar-refractivity contribution in [2.45, 2.75) is 45.8 Å². The number of likely N-dealkylation sites (N-methyl/N-ethyl adjacent to an activating group) is 1. The zero-order valence-electron chi connectivity index (χ0n) is 12.0. The predicted octanol–water partition coefficient (Wildman–Crippen LogP) is 2.99. The van der Waals surface area contributed by atoms with Crippen molar-refractivity contribution in [1.29, 1.82) is 0 Å². The van der Waals surface area contributed by atoms with Gasteiger partial charge in [-0.1, -0.05) is 37.3 Å². The van der Waals surface area contributed by atoms with Crippen LogP contribution < -0.4 is 0 Å². The van der Waals surface area contributed by atoms with Crippen LogP contribution in [0.2, 0.25) is 0 Å². The molecule has 0 aliphatic carbocycles. The highest BCUT2D eigenvalue weighted by Crippen LogP contribution is 2.20. The zero-order chi connectivity index (χ0) is 13.0. The van der Waals surface area contributed by atoms with Crippen LogP contribution in [-0.2, 0) is 6.42 Å². The fourth-order valence-electron chi connectivity index (χ4n) is 3.01. The van der Waals surface area contributed by atoms with Crippen molar-refractivity contribution in [3.8, 4) is 0 Å². The summed E-state index contributed by atoms with van der Waals surface area (Å²) in [5.41, 5.74) is 1.45. The molecule has 0 saturated carbocycles. The van der Waals surface area contributed by atoms with Crippen LogP contribution in [0.25, 0.3) is 0 Å². The van der Waals surface area contributed by atoms with E-state index in [1.165, 1.54) is 25.1 Å². The Morgan fingerprint density at radius 3 is 2.50 bits per heavy atom. The van der Waals surface area contributed by atoms with Crippen LogP contribution in [0.1, 0.15) is 32.8 Å². The first kappa shape index (κ1) is 13.6. The lowest BCUT2D eigenvalue weighted by Gasteiger charge is -2.46. The summed E-state index contributed by atoms with van der Waals surface area (Å²) >= 11 is 0. The molecule has 1 aliphatic heterocycles. The summed E-state index contributed by atoms with van der Waals surface area (Å²) in [5.74, 6) is 0. The molecule has 18 heavy (non-hydrogen) atoms. The Hall–Kier alpha value is -0.860. The van der Waals surface area contributed by atoms with Crippen molar-refractivity contribution in [2.75, 3.05) is 19.6 Å². The molecular weight excluding hydrogens is 221 g/mol. The second-order valence-electron chi connectivity index (χ2n) is 5.48. The van der Waals surface area contributed by atoms with Crippen molar-refractivity contribution in [1.82, 2.24) is 9.80 Å². The van der Waals surface area contributed by atoms with E-state index in [1.807, 2.05) is 0 Å². The fourth-order valence-corrected chi connectivity index (χ4v) is 3.01. The highest BCUT2D eigenvalue weighted by molar-refractivity contribution is 5.16. The standard InChI is InChI=1S/C16H26N2/c1-4-17-11-8-12-18(14(2)3)16(17)13-15-9-6-5-7-10-15/h5-7,9-10,14,16H,4,8,11-13H2,1-3H3/i16+1. The smallest absolute Gasteiger partial charge is 0.0666 e. The van der Waals surface area contributed by atoms with E-state index < -0.39 is 0 Å². The molecule has 0 radical (unpaired) electrons. The lowest BCUT2D eigenvalue weighted by molar-refractivity contribution is -0.0118. The van der Waals surface area contributed by atoms with Gasteiger partial charge in [0.2, 0.25) is 0 Å². The molecule has 0 spiro atoms. The number of hydrogen-bond acceptors (Lipinski definition) is 2. The molecule has 2 nitrogen and oxygen atoms in total. The second kappa shape index (κ2) is 6.35. The maximum Gasteiger partial charge on any atom is 0.0666 e. The molecule has 1 fully saturated rings. The van der Waals surface area contributed by atoms with Crippen LogP contribution >= 0.6 is 0 Å². The van der Waals surface area contributed by atoms with Crippen molar-refractivity contribution in [2.24, 2.45) is 0 Å². The van der Waals surface area contributed by atoms with Gasteiger partial charge in [0.15, 0.2) is 0 Å². The highest BCUT2D eigenvalue weighted by Gasteiger charge is 2.29. The van der Waals surface area contributed by atoms with E-state index in [9.17, 15) is 0 Å². The van der Waals surface area contributed by atoms with Crippen LogP contribution in [0.3, 0.4) is 0 Å². The molecule has 100 valence electrons. The second-order valence-corrected chi connectivity index (χ2v) is 5.48. The normalized spacial score (nSPS) is 22.6. The fraction of sp³-hybridized carbons (Fsp3) is 0.625. The van der Waals surface area contributed by atoms with Gasteiger partial charge in [0, 0.05) is 25.6 Å². The molecule has 0 aromatic heterocycles.